The van der Waals surface area contributed by atoms with Gasteiger partial charge in [0.15, 0.2) is 0 Å². The molecule has 1 aliphatic carbocycles. The van der Waals surface area contributed by atoms with Crippen LogP contribution in [0.4, 0.5) is 0 Å². The quantitative estimate of drug-likeness (QED) is 0.772. The van der Waals surface area contributed by atoms with E-state index in [1.807, 2.05) is 6.92 Å². The van der Waals surface area contributed by atoms with Crippen LogP contribution in [0.2, 0.25) is 0 Å². The van der Waals surface area contributed by atoms with Crippen LogP contribution in [0.1, 0.15) is 46.5 Å². The van der Waals surface area contributed by atoms with Gasteiger partial charge in [-0.1, -0.05) is 33.6 Å². The molecule has 0 bridgehead atoms. The van der Waals surface area contributed by atoms with E-state index in [1.165, 1.54) is 0 Å². The second-order valence-electron chi connectivity index (χ2n) is 6.13. The number of carbonyl (C=O) groups excluding carboxylic acids is 2. The number of likely N-dealkylation sites (tertiary alicyclic amines) is 1. The first-order valence-electron chi connectivity index (χ1n) is 6.92. The second-order valence-corrected chi connectivity index (χ2v) is 6.13. The predicted molar refractivity (Wildman–Crippen MR) is 68.2 cm³/mol. The molecule has 1 aliphatic heterocycles. The minimum Gasteiger partial charge on any atom is -0.479 e. The fourth-order valence-electron chi connectivity index (χ4n) is 3.38. The lowest BCUT2D eigenvalue weighted by Gasteiger charge is -2.42. The summed E-state index contributed by atoms with van der Waals surface area (Å²) in [4.78, 5) is 37.4. The van der Waals surface area contributed by atoms with Crippen molar-refractivity contribution in [2.24, 2.45) is 17.8 Å². The van der Waals surface area contributed by atoms with Gasteiger partial charge in [-0.15, -0.1) is 0 Å². The van der Waals surface area contributed by atoms with Gasteiger partial charge >= 0.3 is 5.97 Å². The highest BCUT2D eigenvalue weighted by Crippen LogP contribution is 2.42. The number of amides is 2. The molecule has 2 aliphatic rings. The van der Waals surface area contributed by atoms with Crippen molar-refractivity contribution in [1.29, 1.82) is 0 Å². The Kier molecular flexibility index (Phi) is 3.41. The average molecular weight is 267 g/mol. The Morgan fingerprint density at radius 1 is 1.21 bits per heavy atom. The van der Waals surface area contributed by atoms with Crippen molar-refractivity contribution in [1.82, 2.24) is 4.90 Å². The summed E-state index contributed by atoms with van der Waals surface area (Å²) in [5.41, 5.74) is -1.31. The maximum Gasteiger partial charge on any atom is 0.330 e. The number of carboxylic acid groups (broad SMARTS) is 1. The lowest BCUT2D eigenvalue weighted by Crippen LogP contribution is -2.59. The van der Waals surface area contributed by atoms with E-state index in [9.17, 15) is 19.5 Å². The number of hydrogen-bond acceptors (Lipinski definition) is 3. The standard InChI is InChI=1S/C14H21NO4/c1-8-5-4-6-14(7-8,13(18)19)15-11(16)9(2)10(3)12(15)17/h8-10H,4-7H2,1-3H3,(H,18,19). The molecule has 0 aromatic carbocycles. The molecule has 1 heterocycles. The summed E-state index contributed by atoms with van der Waals surface area (Å²) < 4.78 is 0. The third-order valence-electron chi connectivity index (χ3n) is 4.77. The molecule has 5 nitrogen and oxygen atoms in total. The zero-order chi connectivity index (χ0) is 14.4. The molecule has 2 amide bonds. The molecule has 2 rings (SSSR count). The highest BCUT2D eigenvalue weighted by atomic mass is 16.4. The average Bonchev–Trinajstić information content (AvgIpc) is 2.54. The fourth-order valence-corrected chi connectivity index (χ4v) is 3.38. The molecule has 1 saturated heterocycles. The Balaban J connectivity index is 2.43. The molecule has 0 radical (unpaired) electrons. The summed E-state index contributed by atoms with van der Waals surface area (Å²) >= 11 is 0. The molecule has 4 atom stereocenters. The van der Waals surface area contributed by atoms with Crippen molar-refractivity contribution in [3.05, 3.63) is 0 Å². The fraction of sp³-hybridized carbons (Fsp3) is 0.786. The van der Waals surface area contributed by atoms with Gasteiger partial charge in [0.2, 0.25) is 11.8 Å². The molecular weight excluding hydrogens is 246 g/mol. The van der Waals surface area contributed by atoms with Gasteiger partial charge in [-0.25, -0.2) is 4.79 Å². The summed E-state index contributed by atoms with van der Waals surface area (Å²) in [7, 11) is 0. The topological polar surface area (TPSA) is 74.7 Å². The Bertz CT molecular complexity index is 413. The van der Waals surface area contributed by atoms with Crippen molar-refractivity contribution in [2.75, 3.05) is 0 Å². The van der Waals surface area contributed by atoms with Crippen LogP contribution in [-0.2, 0) is 14.4 Å². The first kappa shape index (κ1) is 14.0. The van der Waals surface area contributed by atoms with E-state index in [1.54, 1.807) is 13.8 Å². The smallest absolute Gasteiger partial charge is 0.330 e. The molecule has 1 N–H and O–H groups in total. The number of carboxylic acids is 1. The van der Waals surface area contributed by atoms with Gasteiger partial charge in [-0.05, 0) is 18.8 Å². The van der Waals surface area contributed by atoms with Gasteiger partial charge in [0, 0.05) is 11.8 Å². The van der Waals surface area contributed by atoms with E-state index in [0.29, 0.717) is 12.8 Å². The molecular formula is C14H21NO4. The third kappa shape index (κ3) is 1.95. The van der Waals surface area contributed by atoms with Gasteiger partial charge in [0.25, 0.3) is 0 Å². The van der Waals surface area contributed by atoms with E-state index in [0.717, 1.165) is 17.7 Å². The van der Waals surface area contributed by atoms with E-state index < -0.39 is 23.3 Å². The summed E-state index contributed by atoms with van der Waals surface area (Å²) in [5.74, 6) is -2.30. The van der Waals surface area contributed by atoms with Crippen LogP contribution in [0.15, 0.2) is 0 Å². The molecule has 2 fully saturated rings. The number of imide groups is 1. The summed E-state index contributed by atoms with van der Waals surface area (Å²) in [6, 6.07) is 0. The zero-order valence-corrected chi connectivity index (χ0v) is 11.7. The van der Waals surface area contributed by atoms with Crippen LogP contribution in [0.25, 0.3) is 0 Å². The Morgan fingerprint density at radius 2 is 1.74 bits per heavy atom. The monoisotopic (exact) mass is 267 g/mol. The van der Waals surface area contributed by atoms with Crippen molar-refractivity contribution in [2.45, 2.75) is 52.0 Å². The first-order valence-corrected chi connectivity index (χ1v) is 6.92. The molecule has 0 aromatic heterocycles. The Hall–Kier alpha value is -1.39. The third-order valence-corrected chi connectivity index (χ3v) is 4.77. The van der Waals surface area contributed by atoms with Crippen molar-refractivity contribution >= 4 is 17.8 Å². The molecule has 0 aromatic rings. The molecule has 0 spiro atoms. The van der Waals surface area contributed by atoms with Gasteiger partial charge in [-0.2, -0.15) is 0 Å². The maximum absolute atomic E-state index is 12.3. The highest BCUT2D eigenvalue weighted by molar-refractivity contribution is 6.08. The summed E-state index contributed by atoms with van der Waals surface area (Å²) in [5, 5.41) is 9.63. The largest absolute Gasteiger partial charge is 0.479 e. The number of nitrogens with zero attached hydrogens (tertiary/aromatic N) is 1. The highest BCUT2D eigenvalue weighted by Gasteiger charge is 2.57. The van der Waals surface area contributed by atoms with Crippen molar-refractivity contribution in [3.8, 4) is 0 Å². The zero-order valence-electron chi connectivity index (χ0n) is 11.7. The lowest BCUT2D eigenvalue weighted by molar-refractivity contribution is -0.167. The molecule has 5 heteroatoms. The predicted octanol–water partition coefficient (Wildman–Crippen LogP) is 1.66. The van der Waals surface area contributed by atoms with Crippen molar-refractivity contribution in [3.63, 3.8) is 0 Å². The van der Waals surface area contributed by atoms with E-state index in [4.69, 9.17) is 0 Å². The van der Waals surface area contributed by atoms with E-state index >= 15 is 0 Å². The molecule has 106 valence electrons. The van der Waals surface area contributed by atoms with E-state index in [2.05, 4.69) is 0 Å². The Morgan fingerprint density at radius 3 is 2.16 bits per heavy atom. The van der Waals surface area contributed by atoms with Crippen LogP contribution in [0.5, 0.6) is 0 Å². The molecule has 4 unspecified atom stereocenters. The molecule has 19 heavy (non-hydrogen) atoms. The second kappa shape index (κ2) is 4.62. The maximum atomic E-state index is 12.3. The van der Waals surface area contributed by atoms with Crippen molar-refractivity contribution < 1.29 is 19.5 Å². The number of rotatable bonds is 2. The van der Waals surface area contributed by atoms with Crippen LogP contribution < -0.4 is 0 Å². The van der Waals surface area contributed by atoms with E-state index in [-0.39, 0.29) is 17.7 Å². The minimum atomic E-state index is -1.31. The van der Waals surface area contributed by atoms with Gasteiger partial charge in [-0.3, -0.25) is 14.5 Å². The Labute approximate surface area is 113 Å². The normalized spacial score (nSPS) is 39.7. The number of hydrogen-bond donors (Lipinski definition) is 1. The van der Waals surface area contributed by atoms with Gasteiger partial charge in [0.1, 0.15) is 5.54 Å². The summed E-state index contributed by atoms with van der Waals surface area (Å²) in [6.45, 7) is 5.38. The van der Waals surface area contributed by atoms with Crippen LogP contribution in [-0.4, -0.2) is 33.3 Å². The number of carbonyl (C=O) groups is 3. The first-order chi connectivity index (χ1) is 8.81. The van der Waals surface area contributed by atoms with Crippen LogP contribution >= 0.6 is 0 Å². The minimum absolute atomic E-state index is 0.219. The van der Waals surface area contributed by atoms with Crippen LogP contribution in [0, 0.1) is 17.8 Å². The van der Waals surface area contributed by atoms with Gasteiger partial charge < -0.3 is 5.11 Å². The van der Waals surface area contributed by atoms with Gasteiger partial charge in [0.05, 0.1) is 0 Å². The van der Waals surface area contributed by atoms with Crippen LogP contribution in [0.3, 0.4) is 0 Å². The lowest BCUT2D eigenvalue weighted by atomic mass is 9.75. The summed E-state index contributed by atoms with van der Waals surface area (Å²) in [6.07, 6.45) is 2.45. The SMILES string of the molecule is CC1CCCC(C(=O)O)(N2C(=O)C(C)C(C)C2=O)C1. The number of aliphatic carboxylic acids is 1. The molecule has 1 saturated carbocycles.